The minimum absolute atomic E-state index is 0. The van der Waals surface area contributed by atoms with Crippen molar-refractivity contribution >= 4 is 11.5 Å². The molecule has 0 aliphatic carbocycles. The average Bonchev–Trinajstić information content (AvgIpc) is 3.03. The standard InChI is InChI=1S/C18H21N2O2.BrH/c1-3-16-17-5-4-10-19(17)11-12-20(16)13-18(21)14-6-8-15(22-2)9-7-14;/h4-10H,3,11-13H2,1-2H3;1H/q+1;/p-1. The van der Waals surface area contributed by atoms with Crippen LogP contribution in [-0.2, 0) is 6.54 Å². The molecular formula is C18H21BrN2O2. The van der Waals surface area contributed by atoms with Crippen LogP contribution in [0.1, 0.15) is 29.4 Å². The van der Waals surface area contributed by atoms with Crippen molar-refractivity contribution in [3.8, 4) is 5.75 Å². The number of ether oxygens (including phenoxy) is 1. The molecule has 0 amide bonds. The van der Waals surface area contributed by atoms with Crippen molar-refractivity contribution in [2.24, 2.45) is 0 Å². The zero-order chi connectivity index (χ0) is 15.5. The molecule has 3 rings (SSSR count). The number of carbonyl (C=O) groups excluding carboxylic acids is 1. The number of halogens is 1. The predicted octanol–water partition coefficient (Wildman–Crippen LogP) is -0.391. The number of hydrogen-bond acceptors (Lipinski definition) is 2. The molecule has 0 unspecified atom stereocenters. The second kappa shape index (κ2) is 7.59. The van der Waals surface area contributed by atoms with Crippen molar-refractivity contribution in [2.45, 2.75) is 19.9 Å². The Balaban J connectivity index is 0.00000192. The Morgan fingerprint density at radius 3 is 2.65 bits per heavy atom. The van der Waals surface area contributed by atoms with Crippen molar-refractivity contribution in [1.82, 2.24) is 4.57 Å². The Morgan fingerprint density at radius 2 is 2.00 bits per heavy atom. The molecule has 0 fully saturated rings. The van der Waals surface area contributed by atoms with Crippen LogP contribution in [0.3, 0.4) is 0 Å². The van der Waals surface area contributed by atoms with Gasteiger partial charge in [0.25, 0.3) is 0 Å². The first kappa shape index (κ1) is 17.5. The van der Waals surface area contributed by atoms with E-state index >= 15 is 0 Å². The van der Waals surface area contributed by atoms with Gasteiger partial charge in [0.15, 0.2) is 12.3 Å². The number of benzene rings is 1. The largest absolute Gasteiger partial charge is 1.00 e. The maximum absolute atomic E-state index is 12.5. The molecule has 1 aliphatic heterocycles. The van der Waals surface area contributed by atoms with Crippen LogP contribution in [0.15, 0.2) is 42.6 Å². The van der Waals surface area contributed by atoms with E-state index in [9.17, 15) is 4.79 Å². The zero-order valence-corrected chi connectivity index (χ0v) is 15.0. The van der Waals surface area contributed by atoms with Crippen LogP contribution in [0.25, 0.3) is 0 Å². The summed E-state index contributed by atoms with van der Waals surface area (Å²) in [4.78, 5) is 12.5. The summed E-state index contributed by atoms with van der Waals surface area (Å²) in [6, 6.07) is 11.5. The third-order valence-electron chi connectivity index (χ3n) is 4.20. The Bertz CT molecular complexity index is 717. The van der Waals surface area contributed by atoms with E-state index in [0.717, 1.165) is 30.8 Å². The van der Waals surface area contributed by atoms with Gasteiger partial charge in [-0.2, -0.15) is 0 Å². The van der Waals surface area contributed by atoms with E-state index in [1.807, 2.05) is 24.3 Å². The molecule has 2 heterocycles. The van der Waals surface area contributed by atoms with E-state index in [0.29, 0.717) is 6.54 Å². The number of Topliss-reactive ketones (excluding diaryl/α,β-unsaturated/α-hetero) is 1. The second-order valence-corrected chi connectivity index (χ2v) is 5.46. The molecule has 1 aliphatic rings. The average molecular weight is 377 g/mol. The number of nitrogens with zero attached hydrogens (tertiary/aromatic N) is 2. The first-order valence-corrected chi connectivity index (χ1v) is 7.66. The molecule has 23 heavy (non-hydrogen) atoms. The van der Waals surface area contributed by atoms with Crippen molar-refractivity contribution < 1.29 is 31.1 Å². The van der Waals surface area contributed by atoms with Gasteiger partial charge >= 0.3 is 0 Å². The smallest absolute Gasteiger partial charge is 0.227 e. The van der Waals surface area contributed by atoms with Gasteiger partial charge in [0.1, 0.15) is 11.4 Å². The number of rotatable bonds is 5. The van der Waals surface area contributed by atoms with Crippen LogP contribution in [0.5, 0.6) is 5.75 Å². The fourth-order valence-corrected chi connectivity index (χ4v) is 3.02. The van der Waals surface area contributed by atoms with Gasteiger partial charge in [-0.15, -0.1) is 0 Å². The summed E-state index contributed by atoms with van der Waals surface area (Å²) in [7, 11) is 1.63. The van der Waals surface area contributed by atoms with Crippen molar-refractivity contribution in [2.75, 3.05) is 20.2 Å². The number of methoxy groups -OCH3 is 1. The first-order chi connectivity index (χ1) is 10.7. The molecule has 2 aromatic rings. The van der Waals surface area contributed by atoms with Crippen molar-refractivity contribution in [3.63, 3.8) is 0 Å². The molecule has 1 aromatic heterocycles. The number of hydrogen-bond donors (Lipinski definition) is 0. The Hall–Kier alpha value is -1.88. The molecule has 0 N–H and O–H groups in total. The second-order valence-electron chi connectivity index (χ2n) is 5.46. The van der Waals surface area contributed by atoms with E-state index < -0.39 is 0 Å². The lowest BCUT2D eigenvalue weighted by Gasteiger charge is -2.17. The minimum Gasteiger partial charge on any atom is -1.00 e. The van der Waals surface area contributed by atoms with E-state index in [-0.39, 0.29) is 22.8 Å². The van der Waals surface area contributed by atoms with Gasteiger partial charge in [-0.25, -0.2) is 4.58 Å². The molecule has 122 valence electrons. The number of fused-ring (bicyclic) bond motifs is 1. The molecule has 0 bridgehead atoms. The molecule has 0 saturated carbocycles. The lowest BCUT2D eigenvalue weighted by molar-refractivity contribution is -0.519. The number of carbonyl (C=O) groups is 1. The van der Waals surface area contributed by atoms with Crippen molar-refractivity contribution in [1.29, 1.82) is 0 Å². The fourth-order valence-electron chi connectivity index (χ4n) is 3.02. The highest BCUT2D eigenvalue weighted by Crippen LogP contribution is 2.14. The molecule has 0 radical (unpaired) electrons. The minimum atomic E-state index is 0. The summed E-state index contributed by atoms with van der Waals surface area (Å²) in [5.41, 5.74) is 3.21. The normalized spacial score (nSPS) is 13.3. The zero-order valence-electron chi connectivity index (χ0n) is 13.5. The van der Waals surface area contributed by atoms with Crippen LogP contribution in [0.4, 0.5) is 0 Å². The van der Waals surface area contributed by atoms with E-state index in [2.05, 4.69) is 34.4 Å². The topological polar surface area (TPSA) is 34.2 Å². The van der Waals surface area contributed by atoms with Gasteiger partial charge in [0.05, 0.1) is 13.7 Å². The maximum atomic E-state index is 12.5. The van der Waals surface area contributed by atoms with Crippen molar-refractivity contribution in [3.05, 3.63) is 53.9 Å². The van der Waals surface area contributed by atoms with Crippen LogP contribution in [-0.4, -0.2) is 40.8 Å². The third-order valence-corrected chi connectivity index (χ3v) is 4.20. The molecule has 0 spiro atoms. The Morgan fingerprint density at radius 1 is 1.26 bits per heavy atom. The third kappa shape index (κ3) is 3.55. The van der Waals surface area contributed by atoms with Gasteiger partial charge < -0.3 is 26.3 Å². The van der Waals surface area contributed by atoms with E-state index in [1.54, 1.807) is 7.11 Å². The number of ketones is 1. The highest BCUT2D eigenvalue weighted by Gasteiger charge is 2.25. The van der Waals surface area contributed by atoms with Crippen LogP contribution < -0.4 is 21.7 Å². The molecule has 5 heteroatoms. The fraction of sp³-hybridized carbons (Fsp3) is 0.333. The van der Waals surface area contributed by atoms with E-state index in [1.165, 1.54) is 11.4 Å². The Kier molecular flexibility index (Phi) is 5.77. The van der Waals surface area contributed by atoms with Gasteiger partial charge in [-0.05, 0) is 36.4 Å². The molecule has 4 nitrogen and oxygen atoms in total. The number of aromatic nitrogens is 1. The summed E-state index contributed by atoms with van der Waals surface area (Å²) in [6.07, 6.45) is 3.04. The van der Waals surface area contributed by atoms with Gasteiger partial charge in [0.2, 0.25) is 12.3 Å². The van der Waals surface area contributed by atoms with Crippen LogP contribution in [0, 0.1) is 0 Å². The lowest BCUT2D eigenvalue weighted by atomic mass is 10.1. The first-order valence-electron chi connectivity index (χ1n) is 7.66. The molecule has 0 atom stereocenters. The summed E-state index contributed by atoms with van der Waals surface area (Å²) < 4.78 is 9.60. The maximum Gasteiger partial charge on any atom is 0.227 e. The van der Waals surface area contributed by atoms with Gasteiger partial charge in [-0.3, -0.25) is 4.79 Å². The monoisotopic (exact) mass is 376 g/mol. The van der Waals surface area contributed by atoms with Crippen LogP contribution in [0.2, 0.25) is 0 Å². The summed E-state index contributed by atoms with van der Waals surface area (Å²) >= 11 is 0. The predicted molar refractivity (Wildman–Crippen MR) is 86.2 cm³/mol. The summed E-state index contributed by atoms with van der Waals surface area (Å²) in [5.74, 6) is 0.918. The van der Waals surface area contributed by atoms with Gasteiger partial charge in [0, 0.05) is 18.2 Å². The van der Waals surface area contributed by atoms with Crippen LogP contribution >= 0.6 is 0 Å². The highest BCUT2D eigenvalue weighted by atomic mass is 79.9. The Labute approximate surface area is 147 Å². The summed E-state index contributed by atoms with van der Waals surface area (Å²) in [6.45, 7) is 4.39. The lowest BCUT2D eigenvalue weighted by Crippen LogP contribution is -3.00. The molecule has 1 aromatic carbocycles. The van der Waals surface area contributed by atoms with E-state index in [4.69, 9.17) is 4.74 Å². The van der Waals surface area contributed by atoms with Gasteiger partial charge in [-0.1, -0.05) is 6.92 Å². The highest BCUT2D eigenvalue weighted by molar-refractivity contribution is 5.99. The molecular weight excluding hydrogens is 356 g/mol. The quantitative estimate of drug-likeness (QED) is 0.526. The SMILES string of the molecule is CCC1=[N+](CC(=O)c2ccc(OC)cc2)CCn2cccc21.[Br-]. The summed E-state index contributed by atoms with van der Waals surface area (Å²) in [5, 5.41) is 0. The molecule has 0 saturated heterocycles.